The molecule has 0 aliphatic heterocycles. The minimum Gasteiger partial charge on any atom is -0.423 e. The van der Waals surface area contributed by atoms with Crippen LogP contribution in [0.3, 0.4) is 0 Å². The number of benzene rings is 1. The molecule has 0 spiro atoms. The standard InChI is InChI=1S/C27H33BF2N2O3/c1-26-11-10-22-21-8-6-20(28(34)35)13-18(21)4-7-23(22)25(26)19(14-27(26,29)30)5-9-24(33)32-16-17-3-2-12-31-15-17/h2-3,6,8,12-13,15,19,22-23,25,34-35H,4-5,7,9-11,14,16H2,1H3,(H,32,33)/t19-,22?,23?,25?,26+/m1/s1. The van der Waals surface area contributed by atoms with Crippen molar-refractivity contribution in [2.24, 2.45) is 23.2 Å². The Morgan fingerprint density at radius 2 is 2.09 bits per heavy atom. The molecule has 1 heterocycles. The summed E-state index contributed by atoms with van der Waals surface area (Å²) in [6, 6.07) is 9.28. The highest BCUT2D eigenvalue weighted by Gasteiger charge is 2.67. The van der Waals surface area contributed by atoms with E-state index in [9.17, 15) is 14.8 Å². The number of carbonyl (C=O) groups excluding carboxylic acids is 1. The van der Waals surface area contributed by atoms with Gasteiger partial charge >= 0.3 is 7.12 Å². The van der Waals surface area contributed by atoms with Gasteiger partial charge in [-0.3, -0.25) is 9.78 Å². The highest BCUT2D eigenvalue weighted by atomic mass is 19.3. The van der Waals surface area contributed by atoms with Crippen molar-refractivity contribution in [3.05, 3.63) is 59.4 Å². The third-order valence-corrected chi connectivity index (χ3v) is 9.12. The van der Waals surface area contributed by atoms with E-state index >= 15 is 8.78 Å². The van der Waals surface area contributed by atoms with Crippen molar-refractivity contribution in [2.75, 3.05) is 0 Å². The van der Waals surface area contributed by atoms with E-state index in [1.165, 1.54) is 5.56 Å². The second-order valence-corrected chi connectivity index (χ2v) is 11.0. The number of amides is 1. The number of aromatic nitrogens is 1. The second kappa shape index (κ2) is 9.28. The van der Waals surface area contributed by atoms with Gasteiger partial charge in [0.2, 0.25) is 5.91 Å². The van der Waals surface area contributed by atoms with E-state index in [0.29, 0.717) is 24.8 Å². The number of nitrogens with zero attached hydrogens (tertiary/aromatic N) is 1. The van der Waals surface area contributed by atoms with E-state index in [2.05, 4.69) is 10.3 Å². The van der Waals surface area contributed by atoms with Gasteiger partial charge in [0.1, 0.15) is 0 Å². The van der Waals surface area contributed by atoms with Crippen molar-refractivity contribution in [1.82, 2.24) is 10.3 Å². The Balaban J connectivity index is 1.32. The van der Waals surface area contributed by atoms with Crippen LogP contribution in [0.15, 0.2) is 42.7 Å². The van der Waals surface area contributed by atoms with Gasteiger partial charge in [0.25, 0.3) is 5.92 Å². The Morgan fingerprint density at radius 3 is 2.83 bits per heavy atom. The molecule has 186 valence electrons. The van der Waals surface area contributed by atoms with Crippen molar-refractivity contribution in [1.29, 1.82) is 0 Å². The van der Waals surface area contributed by atoms with Gasteiger partial charge in [-0.15, -0.1) is 0 Å². The van der Waals surface area contributed by atoms with Crippen LogP contribution in [0.4, 0.5) is 8.78 Å². The topological polar surface area (TPSA) is 82.5 Å². The van der Waals surface area contributed by atoms with E-state index in [4.69, 9.17) is 0 Å². The third-order valence-electron chi connectivity index (χ3n) is 9.12. The summed E-state index contributed by atoms with van der Waals surface area (Å²) < 4.78 is 30.9. The zero-order valence-corrected chi connectivity index (χ0v) is 20.1. The largest absolute Gasteiger partial charge is 0.488 e. The molecule has 2 saturated carbocycles. The number of halogens is 2. The molecular weight excluding hydrogens is 449 g/mol. The summed E-state index contributed by atoms with van der Waals surface area (Å²) in [7, 11) is -1.50. The monoisotopic (exact) mass is 482 g/mol. The maximum Gasteiger partial charge on any atom is 0.488 e. The van der Waals surface area contributed by atoms with Crippen LogP contribution in [0.2, 0.25) is 0 Å². The fourth-order valence-electron chi connectivity index (χ4n) is 7.39. The molecule has 3 aliphatic rings. The first kappa shape index (κ1) is 24.4. The smallest absolute Gasteiger partial charge is 0.423 e. The van der Waals surface area contributed by atoms with Crippen LogP contribution in [0.1, 0.15) is 68.1 Å². The molecule has 5 nitrogen and oxygen atoms in total. The zero-order valence-electron chi connectivity index (χ0n) is 20.1. The van der Waals surface area contributed by atoms with E-state index in [1.807, 2.05) is 24.3 Å². The average molecular weight is 482 g/mol. The van der Waals surface area contributed by atoms with Crippen LogP contribution in [0.25, 0.3) is 0 Å². The number of hydrogen-bond donors (Lipinski definition) is 3. The molecule has 2 aromatic rings. The summed E-state index contributed by atoms with van der Waals surface area (Å²) in [6.07, 6.45) is 6.74. The Morgan fingerprint density at radius 1 is 1.26 bits per heavy atom. The van der Waals surface area contributed by atoms with Crippen molar-refractivity contribution in [3.8, 4) is 0 Å². The first-order valence-electron chi connectivity index (χ1n) is 12.7. The van der Waals surface area contributed by atoms with Crippen molar-refractivity contribution >= 4 is 18.5 Å². The molecule has 1 amide bonds. The lowest BCUT2D eigenvalue weighted by atomic mass is 9.53. The summed E-state index contributed by atoms with van der Waals surface area (Å²) in [4.78, 5) is 16.6. The Bertz CT molecular complexity index is 1080. The van der Waals surface area contributed by atoms with Crippen LogP contribution in [-0.2, 0) is 17.8 Å². The van der Waals surface area contributed by atoms with Crippen LogP contribution in [0, 0.1) is 23.2 Å². The Labute approximate surface area is 205 Å². The van der Waals surface area contributed by atoms with Gasteiger partial charge in [-0.05, 0) is 84.0 Å². The predicted octanol–water partition coefficient (Wildman–Crippen LogP) is 3.58. The molecule has 1 aromatic heterocycles. The SMILES string of the molecule is C[C@]12CCC3c4ccc(B(O)O)cc4CCC3C1[C@H](CCC(=O)NCc1cccnc1)CC2(F)F. The van der Waals surface area contributed by atoms with Crippen LogP contribution >= 0.6 is 0 Å². The lowest BCUT2D eigenvalue weighted by Crippen LogP contribution is -2.48. The fourth-order valence-corrected chi connectivity index (χ4v) is 7.39. The van der Waals surface area contributed by atoms with E-state index in [1.54, 1.807) is 25.4 Å². The lowest BCUT2D eigenvalue weighted by molar-refractivity contribution is -0.133. The predicted molar refractivity (Wildman–Crippen MR) is 130 cm³/mol. The summed E-state index contributed by atoms with van der Waals surface area (Å²) in [6.45, 7) is 2.16. The molecule has 0 saturated heterocycles. The molecule has 3 N–H and O–H groups in total. The van der Waals surface area contributed by atoms with E-state index < -0.39 is 18.5 Å². The highest BCUT2D eigenvalue weighted by molar-refractivity contribution is 6.58. The number of carbonyl (C=O) groups is 1. The number of aryl methyl sites for hydroxylation is 1. The number of fused-ring (bicyclic) bond motifs is 5. The molecule has 35 heavy (non-hydrogen) atoms. The molecule has 1 aromatic carbocycles. The van der Waals surface area contributed by atoms with Gasteiger partial charge in [-0.2, -0.15) is 0 Å². The molecule has 3 unspecified atom stereocenters. The maximum absolute atomic E-state index is 15.4. The number of pyridine rings is 1. The van der Waals surface area contributed by atoms with Gasteiger partial charge in [0.05, 0.1) is 0 Å². The molecule has 5 atom stereocenters. The Kier molecular flexibility index (Phi) is 6.47. The van der Waals surface area contributed by atoms with Crippen LogP contribution in [-0.4, -0.2) is 34.0 Å². The summed E-state index contributed by atoms with van der Waals surface area (Å²) in [5.41, 5.74) is 2.63. The maximum atomic E-state index is 15.4. The molecule has 5 rings (SSSR count). The normalized spacial score (nSPS) is 30.7. The molecular formula is C27H33BF2N2O3. The van der Waals surface area contributed by atoms with Gasteiger partial charge in [0.15, 0.2) is 0 Å². The second-order valence-electron chi connectivity index (χ2n) is 11.0. The zero-order chi connectivity index (χ0) is 24.8. The fraction of sp³-hybridized carbons (Fsp3) is 0.556. The van der Waals surface area contributed by atoms with Gasteiger partial charge in [0, 0.05) is 37.2 Å². The highest BCUT2D eigenvalue weighted by Crippen LogP contribution is 2.68. The van der Waals surface area contributed by atoms with E-state index in [0.717, 1.165) is 30.4 Å². The summed E-state index contributed by atoms with van der Waals surface area (Å²) in [5, 5.41) is 22.0. The molecule has 8 heteroatoms. The van der Waals surface area contributed by atoms with Gasteiger partial charge in [-0.25, -0.2) is 8.78 Å². The van der Waals surface area contributed by atoms with Crippen LogP contribution < -0.4 is 10.8 Å². The van der Waals surface area contributed by atoms with E-state index in [-0.39, 0.29) is 42.4 Å². The van der Waals surface area contributed by atoms with Crippen molar-refractivity contribution in [3.63, 3.8) is 0 Å². The minimum atomic E-state index is -2.73. The summed E-state index contributed by atoms with van der Waals surface area (Å²) >= 11 is 0. The quantitative estimate of drug-likeness (QED) is 0.550. The molecule has 0 bridgehead atoms. The molecule has 2 fully saturated rings. The molecule has 0 radical (unpaired) electrons. The number of alkyl halides is 2. The van der Waals surface area contributed by atoms with Gasteiger partial charge in [-0.1, -0.05) is 31.2 Å². The minimum absolute atomic E-state index is 0.109. The Hall–Kier alpha value is -2.32. The first-order valence-corrected chi connectivity index (χ1v) is 12.7. The lowest BCUT2D eigenvalue weighted by Gasteiger charge is -2.51. The average Bonchev–Trinajstić information content (AvgIpc) is 3.06. The van der Waals surface area contributed by atoms with Gasteiger partial charge < -0.3 is 15.4 Å². The number of hydrogen-bond acceptors (Lipinski definition) is 4. The molecule has 3 aliphatic carbocycles. The number of nitrogens with one attached hydrogen (secondary N) is 1. The summed E-state index contributed by atoms with van der Waals surface area (Å²) in [5.74, 6) is -2.79. The van der Waals surface area contributed by atoms with Crippen LogP contribution in [0.5, 0.6) is 0 Å². The number of rotatable bonds is 6. The van der Waals surface area contributed by atoms with Crippen molar-refractivity contribution in [2.45, 2.75) is 70.3 Å². The first-order chi connectivity index (χ1) is 16.7. The third kappa shape index (κ3) is 4.40. The van der Waals surface area contributed by atoms with Crippen molar-refractivity contribution < 1.29 is 23.6 Å².